The molecule has 12 aromatic carbocycles. The van der Waals surface area contributed by atoms with Crippen LogP contribution in [0.1, 0.15) is 0 Å². The molecule has 2 nitrogen and oxygen atoms in total. The lowest BCUT2D eigenvalue weighted by Crippen LogP contribution is -1.94. The Hall–Kier alpha value is -9.24. The summed E-state index contributed by atoms with van der Waals surface area (Å²) in [7, 11) is 0. The fourth-order valence-corrected chi connectivity index (χ4v) is 11.4. The van der Waals surface area contributed by atoms with Gasteiger partial charge in [0.15, 0.2) is 0 Å². The molecule has 2 heterocycles. The second kappa shape index (κ2) is 16.2. The van der Waals surface area contributed by atoms with Gasteiger partial charge in [0, 0.05) is 32.9 Å². The molecule has 0 saturated carbocycles. The van der Waals surface area contributed by atoms with Crippen LogP contribution in [-0.4, -0.2) is 9.13 Å². The molecule has 0 aliphatic heterocycles. The monoisotopic (exact) mass is 888 g/mol. The Morgan fingerprint density at radius 2 is 0.600 bits per heavy atom. The molecule has 2 heteroatoms. The summed E-state index contributed by atoms with van der Waals surface area (Å²) in [6, 6.07) is 98.3. The van der Waals surface area contributed by atoms with Gasteiger partial charge in [0.2, 0.25) is 0 Å². The summed E-state index contributed by atoms with van der Waals surface area (Å²) in [4.78, 5) is 0. The fourth-order valence-electron chi connectivity index (χ4n) is 11.4. The highest BCUT2D eigenvalue weighted by Crippen LogP contribution is 2.48. The van der Waals surface area contributed by atoms with Crippen molar-refractivity contribution in [3.63, 3.8) is 0 Å². The first-order valence-electron chi connectivity index (χ1n) is 24.2. The Morgan fingerprint density at radius 1 is 0.186 bits per heavy atom. The Balaban J connectivity index is 1.07. The third-order valence-electron chi connectivity index (χ3n) is 14.5. The minimum Gasteiger partial charge on any atom is -0.309 e. The molecule has 0 fully saturated rings. The van der Waals surface area contributed by atoms with Crippen molar-refractivity contribution in [2.24, 2.45) is 0 Å². The van der Waals surface area contributed by atoms with Crippen LogP contribution in [0.15, 0.2) is 267 Å². The van der Waals surface area contributed by atoms with Crippen LogP contribution in [-0.2, 0) is 0 Å². The molecular weight excluding hydrogens is 845 g/mol. The zero-order chi connectivity index (χ0) is 46.1. The average molecular weight is 889 g/mol. The average Bonchev–Trinajstić information content (AvgIpc) is 3.95. The van der Waals surface area contributed by atoms with Crippen molar-refractivity contribution in [2.75, 3.05) is 0 Å². The Morgan fingerprint density at radius 3 is 1.11 bits per heavy atom. The van der Waals surface area contributed by atoms with Crippen LogP contribution < -0.4 is 0 Å². The van der Waals surface area contributed by atoms with E-state index < -0.39 is 0 Å². The lowest BCUT2D eigenvalue weighted by atomic mass is 9.83. The van der Waals surface area contributed by atoms with Crippen LogP contribution in [0.5, 0.6) is 0 Å². The first-order chi connectivity index (χ1) is 34.7. The van der Waals surface area contributed by atoms with Crippen LogP contribution in [0.3, 0.4) is 0 Å². The first kappa shape index (κ1) is 39.9. The Labute approximate surface area is 406 Å². The van der Waals surface area contributed by atoms with Crippen molar-refractivity contribution in [3.05, 3.63) is 267 Å². The van der Waals surface area contributed by atoms with Gasteiger partial charge in [-0.05, 0) is 150 Å². The second-order valence-electron chi connectivity index (χ2n) is 18.4. The first-order valence-corrected chi connectivity index (χ1v) is 24.2. The van der Waals surface area contributed by atoms with E-state index in [1.807, 2.05) is 0 Å². The molecule has 0 spiro atoms. The van der Waals surface area contributed by atoms with E-state index >= 15 is 0 Å². The molecule has 0 amide bonds. The van der Waals surface area contributed by atoms with E-state index in [1.54, 1.807) is 0 Å². The molecule has 70 heavy (non-hydrogen) atoms. The lowest BCUT2D eigenvalue weighted by molar-refractivity contribution is 1.18. The number of nitrogens with zero attached hydrogens (tertiary/aromatic N) is 2. The number of fused-ring (bicyclic) bond motifs is 8. The van der Waals surface area contributed by atoms with E-state index in [-0.39, 0.29) is 0 Å². The molecular formula is C68H44N2. The standard InChI is InChI=1S/C68H44N2/c1-5-19-45(20-6-1)47-35-38-54(46-21-7-2-8-22-46)63(41-47)68-57-31-17-29-52(48-36-39-66-61(42-48)55-27-13-15-33-64(55)69(66)50-23-9-3-10-24-50)59(57)44-60-53(30-18-32-58(60)68)49-37-40-67-62(43-49)56-28-14-16-34-65(56)70(67)51-25-11-4-12-26-51/h1-44H. The van der Waals surface area contributed by atoms with Gasteiger partial charge in [-0.25, -0.2) is 0 Å². The second-order valence-corrected chi connectivity index (χ2v) is 18.4. The number of rotatable bonds is 7. The van der Waals surface area contributed by atoms with Gasteiger partial charge in [-0.2, -0.15) is 0 Å². The molecule has 2 aromatic heterocycles. The molecule has 0 aliphatic carbocycles. The number of hydrogen-bond acceptors (Lipinski definition) is 0. The maximum absolute atomic E-state index is 2.48. The molecule has 0 N–H and O–H groups in total. The zero-order valence-electron chi connectivity index (χ0n) is 38.3. The van der Waals surface area contributed by atoms with Crippen molar-refractivity contribution < 1.29 is 0 Å². The highest BCUT2D eigenvalue weighted by molar-refractivity contribution is 6.21. The third-order valence-corrected chi connectivity index (χ3v) is 14.5. The number of para-hydroxylation sites is 4. The van der Waals surface area contributed by atoms with Crippen LogP contribution >= 0.6 is 0 Å². The molecule has 326 valence electrons. The minimum absolute atomic E-state index is 1.16. The highest BCUT2D eigenvalue weighted by Gasteiger charge is 2.22. The number of benzene rings is 12. The molecule has 0 bridgehead atoms. The molecule has 0 unspecified atom stereocenters. The van der Waals surface area contributed by atoms with Crippen LogP contribution in [0.4, 0.5) is 0 Å². The van der Waals surface area contributed by atoms with Gasteiger partial charge in [-0.1, -0.05) is 194 Å². The van der Waals surface area contributed by atoms with Crippen molar-refractivity contribution >= 4 is 65.2 Å². The van der Waals surface area contributed by atoms with Gasteiger partial charge < -0.3 is 9.13 Å². The summed E-state index contributed by atoms with van der Waals surface area (Å²) in [5.41, 5.74) is 19.1. The van der Waals surface area contributed by atoms with E-state index in [0.29, 0.717) is 0 Å². The molecule has 0 saturated heterocycles. The quantitative estimate of drug-likeness (QED) is 0.141. The van der Waals surface area contributed by atoms with Crippen LogP contribution in [0.2, 0.25) is 0 Å². The Kier molecular flexibility index (Phi) is 9.25. The smallest absolute Gasteiger partial charge is 0.0541 e. The third kappa shape index (κ3) is 6.35. The zero-order valence-corrected chi connectivity index (χ0v) is 38.3. The van der Waals surface area contributed by atoms with Crippen LogP contribution in [0, 0.1) is 0 Å². The summed E-state index contributed by atoms with van der Waals surface area (Å²) >= 11 is 0. The SMILES string of the molecule is c1ccc(-c2ccc(-c3ccccc3)c(-c3c4cccc(-c5ccc6c(c5)c5ccccc5n6-c5ccccc5)c4cc4c(-c5ccc6c(c5)c5ccccc5n6-c5ccccc5)cccc34)c2)cc1. The van der Waals surface area contributed by atoms with E-state index in [9.17, 15) is 0 Å². The van der Waals surface area contributed by atoms with Crippen molar-refractivity contribution in [1.82, 2.24) is 9.13 Å². The molecule has 0 radical (unpaired) electrons. The van der Waals surface area contributed by atoms with E-state index in [0.717, 1.165) is 11.4 Å². The van der Waals surface area contributed by atoms with E-state index in [2.05, 4.69) is 276 Å². The number of aromatic nitrogens is 2. The minimum atomic E-state index is 1.16. The summed E-state index contributed by atoms with van der Waals surface area (Å²) in [6.45, 7) is 0. The largest absolute Gasteiger partial charge is 0.309 e. The van der Waals surface area contributed by atoms with Gasteiger partial charge in [-0.3, -0.25) is 0 Å². The normalized spacial score (nSPS) is 11.7. The van der Waals surface area contributed by atoms with Crippen molar-refractivity contribution in [3.8, 4) is 67.0 Å². The summed E-state index contributed by atoms with van der Waals surface area (Å²) in [6.07, 6.45) is 0. The fraction of sp³-hybridized carbons (Fsp3) is 0. The van der Waals surface area contributed by atoms with Gasteiger partial charge in [-0.15, -0.1) is 0 Å². The molecule has 0 atom stereocenters. The van der Waals surface area contributed by atoms with Crippen molar-refractivity contribution in [1.29, 1.82) is 0 Å². The van der Waals surface area contributed by atoms with Gasteiger partial charge in [0.1, 0.15) is 0 Å². The Bertz CT molecular complexity index is 4100. The predicted molar refractivity (Wildman–Crippen MR) is 297 cm³/mol. The maximum Gasteiger partial charge on any atom is 0.0541 e. The number of hydrogen-bond donors (Lipinski definition) is 0. The molecule has 14 rings (SSSR count). The predicted octanol–water partition coefficient (Wildman–Crippen LogP) is 18.5. The van der Waals surface area contributed by atoms with E-state index in [4.69, 9.17) is 0 Å². The summed E-state index contributed by atoms with van der Waals surface area (Å²) in [5.74, 6) is 0. The van der Waals surface area contributed by atoms with Crippen LogP contribution in [0.25, 0.3) is 132 Å². The van der Waals surface area contributed by atoms with Gasteiger partial charge >= 0.3 is 0 Å². The lowest BCUT2D eigenvalue weighted by Gasteiger charge is -2.20. The summed E-state index contributed by atoms with van der Waals surface area (Å²) in [5, 5.41) is 9.83. The molecule has 14 aromatic rings. The molecule has 0 aliphatic rings. The van der Waals surface area contributed by atoms with Gasteiger partial charge in [0.25, 0.3) is 0 Å². The van der Waals surface area contributed by atoms with Gasteiger partial charge in [0.05, 0.1) is 22.1 Å². The van der Waals surface area contributed by atoms with Crippen molar-refractivity contribution in [2.45, 2.75) is 0 Å². The topological polar surface area (TPSA) is 9.86 Å². The maximum atomic E-state index is 2.48. The summed E-state index contributed by atoms with van der Waals surface area (Å²) < 4.78 is 4.79. The van der Waals surface area contributed by atoms with E-state index in [1.165, 1.54) is 121 Å². The highest BCUT2D eigenvalue weighted by atomic mass is 15.0.